The van der Waals surface area contributed by atoms with Crippen molar-refractivity contribution in [2.45, 2.75) is 13.0 Å². The lowest BCUT2D eigenvalue weighted by Crippen LogP contribution is -2.00. The molecule has 0 amide bonds. The average Bonchev–Trinajstić information content (AvgIpc) is 3.28. The SMILES string of the molecule is O=[N+]([O-])c1cnc2[nH]cc(Cc3cnc(NCc4ccccc4)[nH]3)c2c1. The van der Waals surface area contributed by atoms with Crippen LogP contribution in [0.25, 0.3) is 11.0 Å². The Labute approximate surface area is 148 Å². The number of H-pyrrole nitrogens is 2. The molecule has 8 heteroatoms. The molecule has 0 unspecified atom stereocenters. The molecule has 130 valence electrons. The van der Waals surface area contributed by atoms with E-state index in [1.807, 2.05) is 36.5 Å². The van der Waals surface area contributed by atoms with Gasteiger partial charge in [-0.15, -0.1) is 0 Å². The molecule has 3 aromatic heterocycles. The normalized spacial score (nSPS) is 10.9. The Morgan fingerprint density at radius 2 is 2.00 bits per heavy atom. The maximum absolute atomic E-state index is 11.0. The number of anilines is 1. The minimum Gasteiger partial charge on any atom is -0.352 e. The summed E-state index contributed by atoms with van der Waals surface area (Å²) < 4.78 is 0. The second kappa shape index (κ2) is 6.67. The number of imidazole rings is 1. The van der Waals surface area contributed by atoms with Crippen molar-refractivity contribution in [3.63, 3.8) is 0 Å². The number of nitrogens with one attached hydrogen (secondary N) is 3. The zero-order chi connectivity index (χ0) is 17.9. The van der Waals surface area contributed by atoms with Gasteiger partial charge in [0, 0.05) is 36.3 Å². The highest BCUT2D eigenvalue weighted by molar-refractivity contribution is 5.82. The molecule has 3 heterocycles. The Bertz CT molecular complexity index is 1050. The molecule has 0 radical (unpaired) electrons. The zero-order valence-corrected chi connectivity index (χ0v) is 13.8. The number of pyridine rings is 1. The van der Waals surface area contributed by atoms with E-state index in [0.717, 1.165) is 16.6 Å². The van der Waals surface area contributed by atoms with Gasteiger partial charge in [0.05, 0.1) is 11.1 Å². The number of nitrogens with zero attached hydrogens (tertiary/aromatic N) is 3. The molecule has 26 heavy (non-hydrogen) atoms. The van der Waals surface area contributed by atoms with Gasteiger partial charge in [-0.05, 0) is 11.1 Å². The van der Waals surface area contributed by atoms with Crippen LogP contribution in [0.15, 0.2) is 55.0 Å². The van der Waals surface area contributed by atoms with Gasteiger partial charge in [0.15, 0.2) is 0 Å². The number of aromatic nitrogens is 4. The minimum absolute atomic E-state index is 0.0202. The van der Waals surface area contributed by atoms with Gasteiger partial charge >= 0.3 is 0 Å². The summed E-state index contributed by atoms with van der Waals surface area (Å²) in [5.74, 6) is 0.688. The van der Waals surface area contributed by atoms with Gasteiger partial charge in [-0.1, -0.05) is 30.3 Å². The molecule has 0 fully saturated rings. The summed E-state index contributed by atoms with van der Waals surface area (Å²) in [6.07, 6.45) is 5.41. The summed E-state index contributed by atoms with van der Waals surface area (Å²) in [5, 5.41) is 14.9. The lowest BCUT2D eigenvalue weighted by atomic mass is 10.1. The van der Waals surface area contributed by atoms with E-state index in [1.54, 1.807) is 12.3 Å². The molecule has 3 N–H and O–H groups in total. The highest BCUT2D eigenvalue weighted by Gasteiger charge is 2.13. The predicted octanol–water partition coefficient (Wildman–Crippen LogP) is 3.40. The lowest BCUT2D eigenvalue weighted by Gasteiger charge is -2.02. The Kier molecular flexibility index (Phi) is 4.06. The second-order valence-electron chi connectivity index (χ2n) is 5.93. The molecule has 0 saturated carbocycles. The van der Waals surface area contributed by atoms with E-state index in [4.69, 9.17) is 0 Å². The molecule has 0 spiro atoms. The van der Waals surface area contributed by atoms with Crippen molar-refractivity contribution in [3.8, 4) is 0 Å². The molecule has 4 rings (SSSR count). The number of nitro groups is 1. The highest BCUT2D eigenvalue weighted by atomic mass is 16.6. The molecule has 8 nitrogen and oxygen atoms in total. The molecule has 0 aliphatic rings. The quantitative estimate of drug-likeness (QED) is 0.365. The third-order valence-corrected chi connectivity index (χ3v) is 4.13. The maximum Gasteiger partial charge on any atom is 0.288 e. The van der Waals surface area contributed by atoms with Crippen LogP contribution in [0.4, 0.5) is 11.6 Å². The van der Waals surface area contributed by atoms with E-state index in [9.17, 15) is 10.1 Å². The van der Waals surface area contributed by atoms with Crippen LogP contribution in [0.1, 0.15) is 16.8 Å². The predicted molar refractivity (Wildman–Crippen MR) is 97.9 cm³/mol. The van der Waals surface area contributed by atoms with Crippen molar-refractivity contribution >= 4 is 22.7 Å². The Balaban J connectivity index is 1.49. The Morgan fingerprint density at radius 3 is 2.81 bits per heavy atom. The molecule has 0 bridgehead atoms. The van der Waals surface area contributed by atoms with Gasteiger partial charge in [0.1, 0.15) is 11.8 Å². The number of aromatic amines is 2. The number of rotatable bonds is 6. The molecule has 1 aromatic carbocycles. The summed E-state index contributed by atoms with van der Waals surface area (Å²) in [7, 11) is 0. The highest BCUT2D eigenvalue weighted by Crippen LogP contribution is 2.23. The summed E-state index contributed by atoms with van der Waals surface area (Å²) in [6.45, 7) is 0.678. The number of hydrogen-bond acceptors (Lipinski definition) is 5. The number of hydrogen-bond donors (Lipinski definition) is 3. The summed E-state index contributed by atoms with van der Waals surface area (Å²) in [5.41, 5.74) is 3.61. The first-order valence-electron chi connectivity index (χ1n) is 8.11. The molecular formula is C18H16N6O2. The van der Waals surface area contributed by atoms with Crippen molar-refractivity contribution in [2.24, 2.45) is 0 Å². The van der Waals surface area contributed by atoms with Crippen LogP contribution in [0.5, 0.6) is 0 Å². The van der Waals surface area contributed by atoms with Gasteiger partial charge in [0.25, 0.3) is 5.69 Å². The Morgan fingerprint density at radius 1 is 1.15 bits per heavy atom. The van der Waals surface area contributed by atoms with Crippen LogP contribution in [-0.4, -0.2) is 24.9 Å². The minimum atomic E-state index is -0.439. The van der Waals surface area contributed by atoms with E-state index in [0.29, 0.717) is 24.6 Å². The van der Waals surface area contributed by atoms with Crippen LogP contribution >= 0.6 is 0 Å². The van der Waals surface area contributed by atoms with Crippen LogP contribution < -0.4 is 5.32 Å². The van der Waals surface area contributed by atoms with Crippen molar-refractivity contribution in [1.82, 2.24) is 19.9 Å². The second-order valence-corrected chi connectivity index (χ2v) is 5.93. The van der Waals surface area contributed by atoms with E-state index in [2.05, 4.69) is 25.3 Å². The van der Waals surface area contributed by atoms with E-state index in [1.165, 1.54) is 11.8 Å². The first kappa shape index (κ1) is 15.8. The zero-order valence-electron chi connectivity index (χ0n) is 13.8. The van der Waals surface area contributed by atoms with Gasteiger partial charge in [-0.3, -0.25) is 10.1 Å². The molecule has 0 saturated heterocycles. The average molecular weight is 348 g/mol. The van der Waals surface area contributed by atoms with Crippen LogP contribution in [0, 0.1) is 10.1 Å². The van der Waals surface area contributed by atoms with E-state index >= 15 is 0 Å². The summed E-state index contributed by atoms with van der Waals surface area (Å²) >= 11 is 0. The summed E-state index contributed by atoms with van der Waals surface area (Å²) in [4.78, 5) is 25.2. The van der Waals surface area contributed by atoms with Crippen LogP contribution in [0.2, 0.25) is 0 Å². The lowest BCUT2D eigenvalue weighted by molar-refractivity contribution is -0.385. The van der Waals surface area contributed by atoms with Gasteiger partial charge in [-0.2, -0.15) is 0 Å². The van der Waals surface area contributed by atoms with Crippen molar-refractivity contribution in [1.29, 1.82) is 0 Å². The summed E-state index contributed by atoms with van der Waals surface area (Å²) in [6, 6.07) is 11.6. The third kappa shape index (κ3) is 3.25. The topological polar surface area (TPSA) is 113 Å². The van der Waals surface area contributed by atoms with Gasteiger partial charge in [-0.25, -0.2) is 9.97 Å². The fourth-order valence-electron chi connectivity index (χ4n) is 2.82. The van der Waals surface area contributed by atoms with Crippen molar-refractivity contribution < 1.29 is 4.92 Å². The van der Waals surface area contributed by atoms with E-state index < -0.39 is 4.92 Å². The van der Waals surface area contributed by atoms with Crippen molar-refractivity contribution in [3.05, 3.63) is 81.9 Å². The van der Waals surface area contributed by atoms with Crippen LogP contribution in [0.3, 0.4) is 0 Å². The van der Waals surface area contributed by atoms with Crippen LogP contribution in [-0.2, 0) is 13.0 Å². The van der Waals surface area contributed by atoms with Gasteiger partial charge in [0.2, 0.25) is 5.95 Å². The van der Waals surface area contributed by atoms with Gasteiger partial charge < -0.3 is 15.3 Å². The van der Waals surface area contributed by atoms with Crippen molar-refractivity contribution in [2.75, 3.05) is 5.32 Å². The third-order valence-electron chi connectivity index (χ3n) is 4.13. The fourth-order valence-corrected chi connectivity index (χ4v) is 2.82. The molecule has 0 aliphatic heterocycles. The van der Waals surface area contributed by atoms with E-state index in [-0.39, 0.29) is 5.69 Å². The number of benzene rings is 1. The molecule has 0 atom stereocenters. The fraction of sp³-hybridized carbons (Fsp3) is 0.111. The Hall–Kier alpha value is -3.68. The molecule has 4 aromatic rings. The standard InChI is InChI=1S/C18H16N6O2/c25-24(26)15-7-16-13(9-19-17(16)20-11-15)6-14-10-22-18(23-14)21-8-12-4-2-1-3-5-12/h1-5,7,9-11H,6,8H2,(H,19,20)(H2,21,22,23). The maximum atomic E-state index is 11.0. The molecular weight excluding hydrogens is 332 g/mol. The monoisotopic (exact) mass is 348 g/mol. The smallest absolute Gasteiger partial charge is 0.288 e. The first-order chi connectivity index (χ1) is 12.7. The largest absolute Gasteiger partial charge is 0.352 e. The number of fused-ring (bicyclic) bond motifs is 1. The first-order valence-corrected chi connectivity index (χ1v) is 8.11. The molecule has 0 aliphatic carbocycles.